The van der Waals surface area contributed by atoms with E-state index in [9.17, 15) is 0 Å². The van der Waals surface area contributed by atoms with Gasteiger partial charge in [-0.15, -0.1) is 0 Å². The molecule has 1 radical (unpaired) electrons. The van der Waals surface area contributed by atoms with Gasteiger partial charge in [0.15, 0.2) is 0 Å². The number of hydrogen-bond donors (Lipinski definition) is 1. The first-order valence-corrected chi connectivity index (χ1v) is 2.88. The third-order valence-corrected chi connectivity index (χ3v) is 0.939. The van der Waals surface area contributed by atoms with Crippen molar-refractivity contribution in [2.45, 2.75) is 26.2 Å². The minimum atomic E-state index is 0. The number of halogens is 1. The molecule has 8 heavy (non-hydrogen) atoms. The van der Waals surface area contributed by atoms with Crippen LogP contribution in [0.15, 0.2) is 0 Å². The fourth-order valence-corrected chi connectivity index (χ4v) is 0.466. The van der Waals surface area contributed by atoms with Gasteiger partial charge in [-0.1, -0.05) is 24.9 Å². The van der Waals surface area contributed by atoms with Gasteiger partial charge in [-0.2, -0.15) is 0 Å². The van der Waals surface area contributed by atoms with E-state index in [1.165, 1.54) is 0 Å². The Labute approximate surface area is 65.5 Å². The Balaban J connectivity index is 0. The van der Waals surface area contributed by atoms with E-state index < -0.39 is 0 Å². The summed E-state index contributed by atoms with van der Waals surface area (Å²) >= 11 is 5.24. The molecule has 0 atom stereocenters. The summed E-state index contributed by atoms with van der Waals surface area (Å²) in [6, 6.07) is 0. The van der Waals surface area contributed by atoms with E-state index in [-0.39, 0.29) is 21.9 Å². The van der Waals surface area contributed by atoms with Gasteiger partial charge in [-0.25, -0.2) is 0 Å². The summed E-state index contributed by atoms with van der Waals surface area (Å²) in [5.41, 5.74) is 0. The maximum atomic E-state index is 6.76. The Morgan fingerprint density at radius 1 is 1.62 bits per heavy atom. The summed E-state index contributed by atoms with van der Waals surface area (Å²) in [4.78, 5) is 0. The van der Waals surface area contributed by atoms with Crippen LogP contribution in [0.4, 0.5) is 0 Å². The first-order valence-electron chi connectivity index (χ1n) is 2.50. The molecule has 1 N–H and O–H groups in total. The Hall–Kier alpha value is 0.466. The average molecular weight is 179 g/mol. The van der Waals surface area contributed by atoms with Crippen LogP contribution < -0.4 is 0 Å². The normalized spacial score (nSPS) is 7.75. The van der Waals surface area contributed by atoms with Gasteiger partial charge in [0, 0.05) is 16.8 Å². The van der Waals surface area contributed by atoms with Gasteiger partial charge >= 0.3 is 0 Å². The summed E-state index contributed by atoms with van der Waals surface area (Å²) in [5.74, 6) is 0. The van der Waals surface area contributed by atoms with Crippen molar-refractivity contribution >= 4 is 16.8 Å². The predicted molar refractivity (Wildman–Crippen MR) is 33.1 cm³/mol. The van der Waals surface area contributed by atoms with Crippen LogP contribution in [0, 0.1) is 5.41 Å². The molecule has 0 saturated heterocycles. The number of unbranched alkanes of at least 4 members (excludes halogenated alkanes) is 1. The first-order chi connectivity index (χ1) is 3.27. The monoisotopic (exact) mass is 178 g/mol. The van der Waals surface area contributed by atoms with E-state index in [4.69, 9.17) is 17.0 Å². The molecule has 0 bridgehead atoms. The molecule has 0 saturated carbocycles. The standard InChI is InChI=1S/C5H10ClN.Co/c1-2-3-4-5(6)7;/h7H,2-4H2,1H3;. The van der Waals surface area contributed by atoms with Gasteiger partial charge in [0.1, 0.15) is 0 Å². The van der Waals surface area contributed by atoms with Crippen LogP contribution in [-0.2, 0) is 16.8 Å². The van der Waals surface area contributed by atoms with Gasteiger partial charge in [-0.05, 0) is 12.8 Å². The van der Waals surface area contributed by atoms with E-state index in [2.05, 4.69) is 6.92 Å². The van der Waals surface area contributed by atoms with Crippen molar-refractivity contribution in [1.82, 2.24) is 0 Å². The molecule has 0 amide bonds. The number of rotatable bonds is 3. The first kappa shape index (κ1) is 11.3. The van der Waals surface area contributed by atoms with E-state index in [0.29, 0.717) is 0 Å². The number of nitrogens with one attached hydrogen (secondary N) is 1. The molecular formula is C5H10ClCoN. The van der Waals surface area contributed by atoms with Crippen molar-refractivity contribution in [3.05, 3.63) is 0 Å². The van der Waals surface area contributed by atoms with E-state index in [1.807, 2.05) is 0 Å². The molecule has 0 spiro atoms. The Kier molecular flexibility index (Phi) is 10.5. The molecule has 0 aliphatic carbocycles. The molecule has 1 nitrogen and oxygen atoms in total. The molecular weight excluding hydrogens is 168 g/mol. The zero-order valence-electron chi connectivity index (χ0n) is 4.83. The fourth-order valence-electron chi connectivity index (χ4n) is 0.332. The topological polar surface area (TPSA) is 23.9 Å². The van der Waals surface area contributed by atoms with Gasteiger partial charge in [0.25, 0.3) is 0 Å². The molecule has 0 heterocycles. The van der Waals surface area contributed by atoms with Crippen molar-refractivity contribution in [2.24, 2.45) is 0 Å². The van der Waals surface area contributed by atoms with Crippen molar-refractivity contribution in [3.63, 3.8) is 0 Å². The van der Waals surface area contributed by atoms with Crippen LogP contribution in [0.25, 0.3) is 0 Å². The molecule has 0 unspecified atom stereocenters. The van der Waals surface area contributed by atoms with Gasteiger partial charge in [0.2, 0.25) is 0 Å². The molecule has 0 aromatic rings. The summed E-state index contributed by atoms with van der Waals surface area (Å²) in [5, 5.41) is 7.04. The molecule has 0 fully saturated rings. The minimum absolute atomic E-state index is 0. The van der Waals surface area contributed by atoms with Crippen LogP contribution in [-0.4, -0.2) is 5.17 Å². The summed E-state index contributed by atoms with van der Waals surface area (Å²) in [7, 11) is 0. The Morgan fingerprint density at radius 2 is 2.12 bits per heavy atom. The van der Waals surface area contributed by atoms with Crippen LogP contribution in [0.2, 0.25) is 0 Å². The van der Waals surface area contributed by atoms with Crippen LogP contribution >= 0.6 is 11.6 Å². The van der Waals surface area contributed by atoms with Gasteiger partial charge < -0.3 is 0 Å². The smallest absolute Gasteiger partial charge is 0.0968 e. The second-order valence-electron chi connectivity index (χ2n) is 1.51. The van der Waals surface area contributed by atoms with Gasteiger partial charge in [-0.3, -0.25) is 5.41 Å². The van der Waals surface area contributed by atoms with Gasteiger partial charge in [0.05, 0.1) is 5.17 Å². The second-order valence-corrected chi connectivity index (χ2v) is 1.96. The zero-order valence-corrected chi connectivity index (χ0v) is 6.63. The van der Waals surface area contributed by atoms with E-state index >= 15 is 0 Å². The van der Waals surface area contributed by atoms with E-state index in [0.717, 1.165) is 19.3 Å². The molecule has 0 aliphatic heterocycles. The second kappa shape index (κ2) is 7.47. The maximum Gasteiger partial charge on any atom is 0.0968 e. The fraction of sp³-hybridized carbons (Fsp3) is 0.800. The predicted octanol–water partition coefficient (Wildman–Crippen LogP) is 2.39. The third-order valence-electron chi connectivity index (χ3n) is 0.750. The number of hydrogen-bond acceptors (Lipinski definition) is 1. The molecule has 0 aromatic carbocycles. The molecule has 3 heteroatoms. The summed E-state index contributed by atoms with van der Waals surface area (Å²) in [6.07, 6.45) is 2.91. The third kappa shape index (κ3) is 9.69. The Bertz CT molecular complexity index is 65.4. The zero-order chi connectivity index (χ0) is 5.70. The van der Waals surface area contributed by atoms with Crippen molar-refractivity contribution < 1.29 is 16.8 Å². The molecule has 0 aliphatic rings. The molecule has 0 aromatic heterocycles. The molecule has 0 rings (SSSR count). The minimum Gasteiger partial charge on any atom is -0.293 e. The van der Waals surface area contributed by atoms with Crippen molar-refractivity contribution in [1.29, 1.82) is 5.41 Å². The largest absolute Gasteiger partial charge is 0.293 e. The quantitative estimate of drug-likeness (QED) is 0.642. The van der Waals surface area contributed by atoms with Crippen LogP contribution in [0.3, 0.4) is 0 Å². The summed E-state index contributed by atoms with van der Waals surface area (Å²) in [6.45, 7) is 2.08. The van der Waals surface area contributed by atoms with Crippen LogP contribution in [0.5, 0.6) is 0 Å². The van der Waals surface area contributed by atoms with Crippen molar-refractivity contribution in [2.75, 3.05) is 0 Å². The molecule has 51 valence electrons. The summed E-state index contributed by atoms with van der Waals surface area (Å²) < 4.78 is 0. The average Bonchev–Trinajstić information content (AvgIpc) is 1.61. The Morgan fingerprint density at radius 3 is 2.25 bits per heavy atom. The van der Waals surface area contributed by atoms with Crippen molar-refractivity contribution in [3.8, 4) is 0 Å². The van der Waals surface area contributed by atoms with E-state index in [1.54, 1.807) is 0 Å². The maximum absolute atomic E-state index is 6.76. The SMILES string of the molecule is CCCCC(=N)Cl.[Co]. The van der Waals surface area contributed by atoms with Crippen LogP contribution in [0.1, 0.15) is 26.2 Å².